The molecule has 2 unspecified atom stereocenters. The number of benzene rings is 2. The number of halogens is 6. The lowest BCUT2D eigenvalue weighted by atomic mass is 9.94. The lowest BCUT2D eigenvalue weighted by Gasteiger charge is -2.22. The predicted molar refractivity (Wildman–Crippen MR) is 191 cm³/mol. The second-order valence-corrected chi connectivity index (χ2v) is 15.9. The van der Waals surface area contributed by atoms with Crippen molar-refractivity contribution in [3.63, 3.8) is 0 Å². The number of sulfone groups is 1. The van der Waals surface area contributed by atoms with Crippen molar-refractivity contribution in [1.29, 1.82) is 0 Å². The number of rotatable bonds is 12. The molecule has 0 aliphatic carbocycles. The Labute approximate surface area is 306 Å². The Morgan fingerprint density at radius 1 is 1.12 bits per heavy atom. The van der Waals surface area contributed by atoms with Crippen molar-refractivity contribution in [2.45, 2.75) is 56.7 Å². The van der Waals surface area contributed by atoms with Crippen molar-refractivity contribution >= 4 is 62.4 Å². The van der Waals surface area contributed by atoms with Crippen LogP contribution < -0.4 is 14.9 Å². The average Bonchev–Trinajstić information content (AvgIpc) is 3.40. The molecular formula is C34H34ClF5N6O4S2. The van der Waals surface area contributed by atoms with Crippen molar-refractivity contribution in [3.8, 4) is 23.0 Å². The Hall–Kier alpha value is -4.24. The third kappa shape index (κ3) is 9.03. The van der Waals surface area contributed by atoms with Crippen molar-refractivity contribution in [1.82, 2.24) is 25.4 Å². The number of nitrogens with zero attached hydrogens (tertiary/aromatic N) is 4. The molecule has 18 heteroatoms. The summed E-state index contributed by atoms with van der Waals surface area (Å²) in [5.74, 6) is 2.91. The fourth-order valence-corrected chi connectivity index (χ4v) is 6.29. The average molecular weight is 785 g/mol. The molecule has 2 aromatic heterocycles. The SMILES string of the molecule is CNC(Cc1cc(F)cc(F)c1)c1nc(C#CC(C)(C)S(C)(=O)=O)ccc1-c1ccc(Cl)c2c(N(SC)C(=O)C(C)NC=O)nn(CC(F)(F)F)c12. The van der Waals surface area contributed by atoms with Gasteiger partial charge in [0, 0.05) is 29.7 Å². The molecular weight excluding hydrogens is 751 g/mol. The molecule has 0 saturated carbocycles. The van der Waals surface area contributed by atoms with E-state index < -0.39 is 56.9 Å². The molecule has 4 rings (SSSR count). The highest BCUT2D eigenvalue weighted by Crippen LogP contribution is 2.43. The zero-order valence-electron chi connectivity index (χ0n) is 28.7. The lowest BCUT2D eigenvalue weighted by molar-refractivity contribution is -0.141. The largest absolute Gasteiger partial charge is 0.408 e. The van der Waals surface area contributed by atoms with Crippen LogP contribution in [0, 0.1) is 23.5 Å². The Kier molecular flexibility index (Phi) is 12.3. The van der Waals surface area contributed by atoms with Gasteiger partial charge in [0.25, 0.3) is 5.91 Å². The molecule has 0 spiro atoms. The van der Waals surface area contributed by atoms with Gasteiger partial charge in [-0.3, -0.25) is 14.3 Å². The third-order valence-electron chi connectivity index (χ3n) is 8.09. The highest BCUT2D eigenvalue weighted by molar-refractivity contribution is 8.00. The van der Waals surface area contributed by atoms with Crippen LogP contribution >= 0.6 is 23.5 Å². The first-order chi connectivity index (χ1) is 24.2. The number of likely N-dealkylation sites (N-methyl/N-ethyl adjacent to an activating group) is 1. The Balaban J connectivity index is 2.07. The summed E-state index contributed by atoms with van der Waals surface area (Å²) in [5.41, 5.74) is 0.804. The molecule has 0 saturated heterocycles. The summed E-state index contributed by atoms with van der Waals surface area (Å²) in [6.07, 6.45) is -1.98. The molecule has 0 radical (unpaired) electrons. The fraction of sp³-hybridized carbons (Fsp3) is 0.353. The number of anilines is 1. The van der Waals surface area contributed by atoms with Crippen LogP contribution in [0.15, 0.2) is 42.5 Å². The smallest absolute Gasteiger partial charge is 0.347 e. The van der Waals surface area contributed by atoms with E-state index >= 15 is 0 Å². The fourth-order valence-electron chi connectivity index (χ4n) is 5.18. The van der Waals surface area contributed by atoms with Crippen LogP contribution in [-0.4, -0.2) is 72.0 Å². The minimum absolute atomic E-state index is 0.0117. The molecule has 2 N–H and O–H groups in total. The molecule has 0 fully saturated rings. The van der Waals surface area contributed by atoms with Gasteiger partial charge in [0.2, 0.25) is 6.41 Å². The highest BCUT2D eigenvalue weighted by atomic mass is 35.5. The maximum Gasteiger partial charge on any atom is 0.408 e. The zero-order chi connectivity index (χ0) is 38.8. The van der Waals surface area contributed by atoms with Crippen molar-refractivity contribution < 1.29 is 40.0 Å². The van der Waals surface area contributed by atoms with Gasteiger partial charge in [-0.15, -0.1) is 0 Å². The number of carbonyl (C=O) groups is 2. The number of hydrogen-bond acceptors (Lipinski definition) is 8. The summed E-state index contributed by atoms with van der Waals surface area (Å²) >= 11 is 7.48. The topological polar surface area (TPSA) is 126 Å². The van der Waals surface area contributed by atoms with Crippen LogP contribution in [0.5, 0.6) is 0 Å². The molecule has 2 amide bonds. The van der Waals surface area contributed by atoms with Gasteiger partial charge in [0.1, 0.15) is 34.7 Å². The molecule has 52 heavy (non-hydrogen) atoms. The number of amides is 2. The normalized spacial score (nSPS) is 13.3. The summed E-state index contributed by atoms with van der Waals surface area (Å²) in [6, 6.07) is 6.92. The molecule has 2 atom stereocenters. The lowest BCUT2D eigenvalue weighted by Crippen LogP contribution is -2.41. The van der Waals surface area contributed by atoms with Gasteiger partial charge in [-0.1, -0.05) is 23.6 Å². The van der Waals surface area contributed by atoms with Crippen molar-refractivity contribution in [2.24, 2.45) is 0 Å². The van der Waals surface area contributed by atoms with Crippen molar-refractivity contribution in [3.05, 3.63) is 76.1 Å². The van der Waals surface area contributed by atoms with E-state index in [1.807, 2.05) is 0 Å². The number of nitrogens with one attached hydrogen (secondary N) is 2. The van der Waals surface area contributed by atoms with Gasteiger partial charge in [-0.2, -0.15) is 18.3 Å². The van der Waals surface area contributed by atoms with E-state index in [0.717, 1.165) is 34.6 Å². The van der Waals surface area contributed by atoms with E-state index in [0.29, 0.717) is 17.2 Å². The van der Waals surface area contributed by atoms with E-state index in [1.54, 1.807) is 7.05 Å². The van der Waals surface area contributed by atoms with E-state index in [2.05, 4.69) is 27.6 Å². The van der Waals surface area contributed by atoms with E-state index in [9.17, 15) is 40.0 Å². The van der Waals surface area contributed by atoms with Crippen LogP contribution in [0.25, 0.3) is 22.0 Å². The maximum absolute atomic E-state index is 14.2. The van der Waals surface area contributed by atoms with Crippen LogP contribution in [0.4, 0.5) is 27.8 Å². The van der Waals surface area contributed by atoms with Gasteiger partial charge in [0.15, 0.2) is 15.7 Å². The first-order valence-corrected chi connectivity index (χ1v) is 18.9. The van der Waals surface area contributed by atoms with Crippen LogP contribution in [0.1, 0.15) is 43.8 Å². The first-order valence-electron chi connectivity index (χ1n) is 15.4. The van der Waals surface area contributed by atoms with Gasteiger partial charge in [-0.05, 0) is 88.0 Å². The Morgan fingerprint density at radius 3 is 2.31 bits per heavy atom. The number of carbonyl (C=O) groups excluding carboxylic acids is 2. The molecule has 0 bridgehead atoms. The van der Waals surface area contributed by atoms with E-state index in [4.69, 9.17) is 16.6 Å². The van der Waals surface area contributed by atoms with Crippen LogP contribution in [-0.2, 0) is 32.4 Å². The van der Waals surface area contributed by atoms with Crippen LogP contribution in [0.2, 0.25) is 5.02 Å². The minimum Gasteiger partial charge on any atom is -0.347 e. The van der Waals surface area contributed by atoms with Gasteiger partial charge < -0.3 is 10.6 Å². The zero-order valence-corrected chi connectivity index (χ0v) is 31.1. The van der Waals surface area contributed by atoms with E-state index in [1.165, 1.54) is 51.3 Å². The molecule has 10 nitrogen and oxygen atoms in total. The maximum atomic E-state index is 14.2. The molecule has 0 aliphatic heterocycles. The van der Waals surface area contributed by atoms with Gasteiger partial charge in [0.05, 0.1) is 27.7 Å². The van der Waals surface area contributed by atoms with Crippen molar-refractivity contribution in [2.75, 3.05) is 23.9 Å². The van der Waals surface area contributed by atoms with Gasteiger partial charge >= 0.3 is 6.18 Å². The number of fused-ring (bicyclic) bond motifs is 1. The molecule has 2 aromatic carbocycles. The van der Waals surface area contributed by atoms with Crippen LogP contribution in [0.3, 0.4) is 0 Å². The van der Waals surface area contributed by atoms with E-state index in [-0.39, 0.29) is 56.2 Å². The summed E-state index contributed by atoms with van der Waals surface area (Å²) in [7, 11) is -2.07. The monoisotopic (exact) mass is 784 g/mol. The summed E-state index contributed by atoms with van der Waals surface area (Å²) in [4.78, 5) is 29.1. The number of aromatic nitrogens is 3. The summed E-state index contributed by atoms with van der Waals surface area (Å²) in [5, 5.41) is 9.54. The second kappa shape index (κ2) is 15.8. The molecule has 278 valence electrons. The Morgan fingerprint density at radius 2 is 1.75 bits per heavy atom. The number of pyridine rings is 1. The second-order valence-electron chi connectivity index (χ2n) is 12.2. The molecule has 4 aromatic rings. The predicted octanol–water partition coefficient (Wildman–Crippen LogP) is 6.02. The highest BCUT2D eigenvalue weighted by Gasteiger charge is 2.35. The standard InChI is InChI=1S/C34H34ClF5N6O4S2/c1-19(42-18-47)32(48)46(51-5)31-28-26(35)10-9-25(30(28)45(44-31)17-34(38,39)40)24-8-7-23(11-12-33(2,3)52(6,49)50)43-29(24)27(41-4)15-20-13-21(36)16-22(37)14-20/h7-10,13-14,16,18-19,27,41H,15,17H2,1-6H3,(H,42,47). The number of alkyl halides is 3. The summed E-state index contributed by atoms with van der Waals surface area (Å²) < 4.78 is 95.6. The summed E-state index contributed by atoms with van der Waals surface area (Å²) in [6.45, 7) is 2.65. The molecule has 0 aliphatic rings. The third-order valence-corrected chi connectivity index (χ3v) is 11.1. The first kappa shape index (κ1) is 40.5. The molecule has 2 heterocycles. The minimum atomic E-state index is -4.78. The van der Waals surface area contributed by atoms with Gasteiger partial charge in [-0.25, -0.2) is 26.5 Å². The Bertz CT molecular complexity index is 2160. The quantitative estimate of drug-likeness (QED) is 0.0775. The number of hydrogen-bond donors (Lipinski definition) is 2.